The van der Waals surface area contributed by atoms with Crippen LogP contribution in [0.25, 0.3) is 0 Å². The molecule has 0 saturated heterocycles. The lowest BCUT2D eigenvalue weighted by atomic mass is 10.00. The molecule has 0 aliphatic carbocycles. The molecule has 0 aliphatic heterocycles. The van der Waals surface area contributed by atoms with Crippen LogP contribution in [-0.2, 0) is 11.2 Å². The number of carboxylic acids is 1. The van der Waals surface area contributed by atoms with Gasteiger partial charge in [-0.05, 0) is 24.1 Å². The summed E-state index contributed by atoms with van der Waals surface area (Å²) in [5, 5.41) is 21.2. The van der Waals surface area contributed by atoms with Crippen molar-refractivity contribution in [3.05, 3.63) is 59.7 Å². The van der Waals surface area contributed by atoms with E-state index in [4.69, 9.17) is 5.11 Å². The zero-order valence-corrected chi connectivity index (χ0v) is 13.2. The summed E-state index contributed by atoms with van der Waals surface area (Å²) in [6, 6.07) is 13.5. The third-order valence-corrected chi connectivity index (χ3v) is 3.85. The van der Waals surface area contributed by atoms with E-state index in [9.17, 15) is 14.7 Å². The van der Waals surface area contributed by atoms with Gasteiger partial charge < -0.3 is 15.5 Å². The molecule has 1 unspecified atom stereocenters. The molecule has 0 radical (unpaired) electrons. The lowest BCUT2D eigenvalue weighted by molar-refractivity contribution is -0.119. The number of aromatic carboxylic acids is 1. The molecule has 2 aromatic rings. The van der Waals surface area contributed by atoms with E-state index in [1.54, 1.807) is 0 Å². The number of phenols is 1. The molecule has 0 heterocycles. The molecule has 0 spiro atoms. The van der Waals surface area contributed by atoms with Crippen LogP contribution in [0.1, 0.15) is 15.9 Å². The van der Waals surface area contributed by atoms with Gasteiger partial charge in [-0.25, -0.2) is 4.79 Å². The van der Waals surface area contributed by atoms with Crippen molar-refractivity contribution in [1.29, 1.82) is 0 Å². The summed E-state index contributed by atoms with van der Waals surface area (Å²) in [7, 11) is 0. The largest absolute Gasteiger partial charge is 0.507 e. The molecule has 6 heteroatoms. The van der Waals surface area contributed by atoms with Crippen LogP contribution in [0.4, 0.5) is 5.69 Å². The number of aromatic hydroxyl groups is 1. The van der Waals surface area contributed by atoms with Crippen LogP contribution >= 0.6 is 12.6 Å². The zero-order chi connectivity index (χ0) is 16.8. The smallest absolute Gasteiger partial charge is 0.339 e. The van der Waals surface area contributed by atoms with Gasteiger partial charge in [-0.3, -0.25) is 4.79 Å². The van der Waals surface area contributed by atoms with Gasteiger partial charge in [0.2, 0.25) is 5.91 Å². The maximum Gasteiger partial charge on any atom is 0.339 e. The SMILES string of the molecule is O=C(O)c1ccc(NC(=O)C(CS)Cc2ccccc2)cc1O. The number of rotatable bonds is 6. The van der Waals surface area contributed by atoms with Gasteiger partial charge in [0.15, 0.2) is 0 Å². The molecule has 0 aromatic heterocycles. The Kier molecular flexibility index (Phi) is 5.65. The minimum Gasteiger partial charge on any atom is -0.507 e. The van der Waals surface area contributed by atoms with Crippen molar-refractivity contribution in [2.45, 2.75) is 6.42 Å². The van der Waals surface area contributed by atoms with E-state index in [1.165, 1.54) is 18.2 Å². The first-order chi connectivity index (χ1) is 11.0. The Hall–Kier alpha value is -2.47. The lowest BCUT2D eigenvalue weighted by Gasteiger charge is -2.15. The fourth-order valence-corrected chi connectivity index (χ4v) is 2.47. The van der Waals surface area contributed by atoms with Crippen molar-refractivity contribution < 1.29 is 19.8 Å². The highest BCUT2D eigenvalue weighted by Crippen LogP contribution is 2.23. The van der Waals surface area contributed by atoms with Crippen LogP contribution in [-0.4, -0.2) is 27.8 Å². The van der Waals surface area contributed by atoms with E-state index < -0.39 is 5.97 Å². The fourth-order valence-electron chi connectivity index (χ4n) is 2.17. The summed E-state index contributed by atoms with van der Waals surface area (Å²) in [6.07, 6.45) is 0.551. The van der Waals surface area contributed by atoms with E-state index in [0.29, 0.717) is 17.9 Å². The minimum absolute atomic E-state index is 0.210. The fraction of sp³-hybridized carbons (Fsp3) is 0.176. The number of benzene rings is 2. The molecule has 0 fully saturated rings. The Morgan fingerprint density at radius 2 is 1.83 bits per heavy atom. The maximum atomic E-state index is 12.3. The third-order valence-electron chi connectivity index (χ3n) is 3.41. The molecular formula is C17H17NO4S. The number of hydrogen-bond acceptors (Lipinski definition) is 4. The first-order valence-electron chi connectivity index (χ1n) is 7.03. The van der Waals surface area contributed by atoms with Crippen molar-refractivity contribution >= 4 is 30.2 Å². The van der Waals surface area contributed by atoms with E-state index in [-0.39, 0.29) is 23.1 Å². The number of carboxylic acid groups (broad SMARTS) is 1. The van der Waals surface area contributed by atoms with Crippen LogP contribution in [0.3, 0.4) is 0 Å². The summed E-state index contributed by atoms with van der Waals surface area (Å²) in [6.45, 7) is 0. The van der Waals surface area contributed by atoms with Gasteiger partial charge in [0.1, 0.15) is 11.3 Å². The number of thiol groups is 1. The summed E-state index contributed by atoms with van der Waals surface area (Å²) in [5.74, 6) is -1.80. The normalized spacial score (nSPS) is 11.7. The standard InChI is InChI=1S/C17H17NO4S/c19-15-9-13(6-7-14(15)17(21)22)18-16(20)12(10-23)8-11-4-2-1-3-5-11/h1-7,9,12,19,23H,8,10H2,(H,18,20)(H,21,22). The first kappa shape index (κ1) is 16.9. The molecule has 3 N–H and O–H groups in total. The molecule has 2 rings (SSSR count). The Morgan fingerprint density at radius 3 is 2.39 bits per heavy atom. The molecular weight excluding hydrogens is 314 g/mol. The maximum absolute atomic E-state index is 12.3. The third kappa shape index (κ3) is 4.50. The van der Waals surface area contributed by atoms with Crippen molar-refractivity contribution in [2.24, 2.45) is 5.92 Å². The number of hydrogen-bond donors (Lipinski definition) is 4. The molecule has 5 nitrogen and oxygen atoms in total. The summed E-state index contributed by atoms with van der Waals surface area (Å²) < 4.78 is 0. The van der Waals surface area contributed by atoms with Crippen LogP contribution in [0.15, 0.2) is 48.5 Å². The van der Waals surface area contributed by atoms with Crippen molar-refractivity contribution in [1.82, 2.24) is 0 Å². The predicted molar refractivity (Wildman–Crippen MR) is 91.2 cm³/mol. The Bertz CT molecular complexity index is 703. The van der Waals surface area contributed by atoms with E-state index in [0.717, 1.165) is 5.56 Å². The van der Waals surface area contributed by atoms with Gasteiger partial charge in [0.25, 0.3) is 0 Å². The second-order valence-corrected chi connectivity index (χ2v) is 5.46. The van der Waals surface area contributed by atoms with Crippen molar-refractivity contribution in [2.75, 3.05) is 11.1 Å². The van der Waals surface area contributed by atoms with Gasteiger partial charge in [-0.15, -0.1) is 0 Å². The molecule has 0 aliphatic rings. The van der Waals surface area contributed by atoms with Gasteiger partial charge in [0, 0.05) is 17.5 Å². The first-order valence-corrected chi connectivity index (χ1v) is 7.66. The topological polar surface area (TPSA) is 86.6 Å². The summed E-state index contributed by atoms with van der Waals surface area (Å²) in [5.41, 5.74) is 1.17. The van der Waals surface area contributed by atoms with Gasteiger partial charge >= 0.3 is 5.97 Å². The van der Waals surface area contributed by atoms with E-state index in [1.807, 2.05) is 30.3 Å². The van der Waals surface area contributed by atoms with E-state index >= 15 is 0 Å². The quantitative estimate of drug-likeness (QED) is 0.613. The van der Waals surface area contributed by atoms with Gasteiger partial charge in [-0.2, -0.15) is 12.6 Å². The summed E-state index contributed by atoms with van der Waals surface area (Å²) >= 11 is 4.23. The average Bonchev–Trinajstić information content (AvgIpc) is 2.53. The second-order valence-electron chi connectivity index (χ2n) is 5.10. The summed E-state index contributed by atoms with van der Waals surface area (Å²) in [4.78, 5) is 23.2. The second kappa shape index (κ2) is 7.69. The zero-order valence-electron chi connectivity index (χ0n) is 12.3. The number of amides is 1. The molecule has 0 saturated carbocycles. The predicted octanol–water partition coefficient (Wildman–Crippen LogP) is 2.82. The number of nitrogens with one attached hydrogen (secondary N) is 1. The minimum atomic E-state index is -1.22. The molecule has 2 aromatic carbocycles. The highest BCUT2D eigenvalue weighted by atomic mass is 32.1. The molecule has 1 atom stereocenters. The Labute approximate surface area is 139 Å². The van der Waals surface area contributed by atoms with Crippen molar-refractivity contribution in [3.63, 3.8) is 0 Å². The van der Waals surface area contributed by atoms with Crippen LogP contribution < -0.4 is 5.32 Å². The average molecular weight is 331 g/mol. The van der Waals surface area contributed by atoms with Crippen LogP contribution in [0, 0.1) is 5.92 Å². The van der Waals surface area contributed by atoms with Gasteiger partial charge in [0.05, 0.1) is 5.92 Å². The molecule has 0 bridgehead atoms. The Morgan fingerprint density at radius 1 is 1.13 bits per heavy atom. The lowest BCUT2D eigenvalue weighted by Crippen LogP contribution is -2.26. The molecule has 1 amide bonds. The highest BCUT2D eigenvalue weighted by Gasteiger charge is 2.18. The van der Waals surface area contributed by atoms with Crippen molar-refractivity contribution in [3.8, 4) is 5.75 Å². The number of carbonyl (C=O) groups is 2. The van der Waals surface area contributed by atoms with Crippen LogP contribution in [0.5, 0.6) is 5.75 Å². The van der Waals surface area contributed by atoms with Crippen LogP contribution in [0.2, 0.25) is 0 Å². The Balaban J connectivity index is 2.07. The molecule has 23 heavy (non-hydrogen) atoms. The number of carbonyl (C=O) groups excluding carboxylic acids is 1. The number of anilines is 1. The highest BCUT2D eigenvalue weighted by molar-refractivity contribution is 7.80. The van der Waals surface area contributed by atoms with E-state index in [2.05, 4.69) is 17.9 Å². The van der Waals surface area contributed by atoms with Gasteiger partial charge in [-0.1, -0.05) is 30.3 Å². The monoisotopic (exact) mass is 331 g/mol. The molecule has 120 valence electrons.